The number of carbonyl (C=O) groups is 2. The van der Waals surface area contributed by atoms with Gasteiger partial charge in [0, 0.05) is 17.1 Å². The van der Waals surface area contributed by atoms with Crippen LogP contribution in [0.5, 0.6) is 0 Å². The fraction of sp³-hybridized carbons (Fsp3) is 0.0909. The molecule has 0 unspecified atom stereocenters. The number of hydrogen-bond acceptors (Lipinski definition) is 2. The average molecular weight is 202 g/mol. The molecule has 1 amide bonds. The number of hydrogen-bond donors (Lipinski definition) is 1. The van der Waals surface area contributed by atoms with Gasteiger partial charge in [-0.3, -0.25) is 9.59 Å². The molecule has 2 N–H and O–H groups in total. The maximum atomic E-state index is 10.8. The van der Waals surface area contributed by atoms with Crippen LogP contribution in [0.25, 0.3) is 10.9 Å². The number of nitrogens with zero attached hydrogens (tertiary/aromatic N) is 1. The van der Waals surface area contributed by atoms with Crippen molar-refractivity contribution in [2.45, 2.75) is 6.54 Å². The number of rotatable bonds is 3. The van der Waals surface area contributed by atoms with Gasteiger partial charge in [-0.25, -0.2) is 0 Å². The van der Waals surface area contributed by atoms with Crippen molar-refractivity contribution in [2.75, 3.05) is 0 Å². The van der Waals surface area contributed by atoms with E-state index in [0.717, 1.165) is 17.2 Å². The summed E-state index contributed by atoms with van der Waals surface area (Å²) in [5.74, 6) is -0.423. The monoisotopic (exact) mass is 202 g/mol. The molecule has 1 aromatic carbocycles. The Balaban J connectivity index is 2.65. The molecule has 0 aliphatic rings. The Morgan fingerprint density at radius 3 is 2.87 bits per heavy atom. The van der Waals surface area contributed by atoms with Crippen molar-refractivity contribution in [1.82, 2.24) is 4.57 Å². The molecule has 0 radical (unpaired) electrons. The van der Waals surface area contributed by atoms with E-state index in [-0.39, 0.29) is 6.54 Å². The highest BCUT2D eigenvalue weighted by atomic mass is 16.1. The van der Waals surface area contributed by atoms with Crippen LogP contribution >= 0.6 is 0 Å². The summed E-state index contributed by atoms with van der Waals surface area (Å²) in [7, 11) is 0. The van der Waals surface area contributed by atoms with Crippen LogP contribution in [0.4, 0.5) is 0 Å². The van der Waals surface area contributed by atoms with Gasteiger partial charge in [-0.05, 0) is 12.1 Å². The zero-order valence-electron chi connectivity index (χ0n) is 8.01. The molecule has 2 rings (SSSR count). The lowest BCUT2D eigenvalue weighted by Gasteiger charge is -2.03. The lowest BCUT2D eigenvalue weighted by atomic mass is 10.1. The maximum absolute atomic E-state index is 10.8. The van der Waals surface area contributed by atoms with Crippen LogP contribution in [-0.4, -0.2) is 16.8 Å². The number of amides is 1. The normalized spacial score (nSPS) is 10.4. The standard InChI is InChI=1S/C11H10N2O2/c12-10(15)6-13-5-4-8-2-1-3-9(7-14)11(8)13/h1-5,7H,6H2,(H2,12,15). The molecule has 1 aromatic heterocycles. The van der Waals surface area contributed by atoms with Crippen molar-refractivity contribution < 1.29 is 9.59 Å². The van der Waals surface area contributed by atoms with E-state index in [2.05, 4.69) is 0 Å². The minimum atomic E-state index is -0.423. The maximum Gasteiger partial charge on any atom is 0.237 e. The second kappa shape index (κ2) is 3.57. The number of para-hydroxylation sites is 1. The number of aldehydes is 1. The van der Waals surface area contributed by atoms with Crippen LogP contribution in [0.2, 0.25) is 0 Å². The molecule has 1 heterocycles. The van der Waals surface area contributed by atoms with Gasteiger partial charge in [0.05, 0.1) is 5.52 Å². The third kappa shape index (κ3) is 1.61. The minimum absolute atomic E-state index is 0.0916. The molecule has 0 saturated carbocycles. The van der Waals surface area contributed by atoms with E-state index in [4.69, 9.17) is 5.73 Å². The van der Waals surface area contributed by atoms with Crippen molar-refractivity contribution >= 4 is 23.1 Å². The molecule has 0 bridgehead atoms. The molecular weight excluding hydrogens is 192 g/mol. The molecule has 0 aliphatic heterocycles. The average Bonchev–Trinajstić information content (AvgIpc) is 2.61. The lowest BCUT2D eigenvalue weighted by molar-refractivity contribution is -0.118. The van der Waals surface area contributed by atoms with Crippen molar-refractivity contribution in [2.24, 2.45) is 5.73 Å². The molecule has 0 aliphatic carbocycles. The van der Waals surface area contributed by atoms with Crippen molar-refractivity contribution in [3.8, 4) is 0 Å². The summed E-state index contributed by atoms with van der Waals surface area (Å²) < 4.78 is 1.68. The third-order valence-electron chi connectivity index (χ3n) is 2.27. The first-order valence-electron chi connectivity index (χ1n) is 4.53. The van der Waals surface area contributed by atoms with Gasteiger partial charge >= 0.3 is 0 Å². The molecule has 76 valence electrons. The fourth-order valence-electron chi connectivity index (χ4n) is 1.69. The van der Waals surface area contributed by atoms with Crippen LogP contribution in [0, 0.1) is 0 Å². The second-order valence-corrected chi connectivity index (χ2v) is 3.31. The van der Waals surface area contributed by atoms with Crippen LogP contribution in [0.1, 0.15) is 10.4 Å². The quantitative estimate of drug-likeness (QED) is 0.753. The van der Waals surface area contributed by atoms with E-state index >= 15 is 0 Å². The number of benzene rings is 1. The van der Waals surface area contributed by atoms with Gasteiger partial charge in [-0.1, -0.05) is 12.1 Å². The van der Waals surface area contributed by atoms with Gasteiger partial charge in [-0.2, -0.15) is 0 Å². The summed E-state index contributed by atoms with van der Waals surface area (Å²) in [6, 6.07) is 7.26. The highest BCUT2D eigenvalue weighted by Gasteiger charge is 2.06. The van der Waals surface area contributed by atoms with Crippen LogP contribution in [0.15, 0.2) is 30.5 Å². The minimum Gasteiger partial charge on any atom is -0.368 e. The van der Waals surface area contributed by atoms with Gasteiger partial charge in [0.2, 0.25) is 5.91 Å². The Kier molecular flexibility index (Phi) is 2.25. The summed E-state index contributed by atoms with van der Waals surface area (Å²) in [6.07, 6.45) is 2.53. The molecule has 0 fully saturated rings. The van der Waals surface area contributed by atoms with E-state index in [1.165, 1.54) is 0 Å². The van der Waals surface area contributed by atoms with Crippen molar-refractivity contribution in [3.05, 3.63) is 36.0 Å². The molecule has 0 spiro atoms. The van der Waals surface area contributed by atoms with Crippen molar-refractivity contribution in [1.29, 1.82) is 0 Å². The summed E-state index contributed by atoms with van der Waals surface area (Å²) >= 11 is 0. The molecule has 0 saturated heterocycles. The first-order chi connectivity index (χ1) is 7.22. The third-order valence-corrected chi connectivity index (χ3v) is 2.27. The Morgan fingerprint density at radius 2 is 2.20 bits per heavy atom. The number of nitrogens with two attached hydrogens (primary N) is 1. The predicted octanol–water partition coefficient (Wildman–Crippen LogP) is 0.939. The Bertz CT molecular complexity index is 528. The Hall–Kier alpha value is -2.10. The molecule has 0 atom stereocenters. The van der Waals surface area contributed by atoms with E-state index < -0.39 is 5.91 Å². The van der Waals surface area contributed by atoms with Crippen molar-refractivity contribution in [3.63, 3.8) is 0 Å². The molecular formula is C11H10N2O2. The SMILES string of the molecule is NC(=O)Cn1ccc2cccc(C=O)c21. The van der Waals surface area contributed by atoms with Gasteiger partial charge in [0.25, 0.3) is 0 Å². The first-order valence-corrected chi connectivity index (χ1v) is 4.53. The van der Waals surface area contributed by atoms with Gasteiger partial charge in [0.1, 0.15) is 6.54 Å². The first kappa shape index (κ1) is 9.45. The molecule has 4 nitrogen and oxygen atoms in total. The highest BCUT2D eigenvalue weighted by molar-refractivity contribution is 5.97. The lowest BCUT2D eigenvalue weighted by Crippen LogP contribution is -2.18. The summed E-state index contributed by atoms with van der Waals surface area (Å²) in [4.78, 5) is 21.6. The smallest absolute Gasteiger partial charge is 0.237 e. The second-order valence-electron chi connectivity index (χ2n) is 3.31. The summed E-state index contributed by atoms with van der Waals surface area (Å²) in [6.45, 7) is 0.0916. The number of primary amides is 1. The highest BCUT2D eigenvalue weighted by Crippen LogP contribution is 2.18. The van der Waals surface area contributed by atoms with Crippen LogP contribution in [-0.2, 0) is 11.3 Å². The Morgan fingerprint density at radius 1 is 1.40 bits per heavy atom. The Labute approximate surface area is 86.3 Å². The summed E-state index contributed by atoms with van der Waals surface area (Å²) in [5, 5.41) is 0.931. The molecule has 15 heavy (non-hydrogen) atoms. The fourth-order valence-corrected chi connectivity index (χ4v) is 1.69. The predicted molar refractivity (Wildman–Crippen MR) is 56.5 cm³/mol. The summed E-state index contributed by atoms with van der Waals surface area (Å²) in [5.41, 5.74) is 6.44. The largest absolute Gasteiger partial charge is 0.368 e. The van der Waals surface area contributed by atoms with Gasteiger partial charge < -0.3 is 10.3 Å². The van der Waals surface area contributed by atoms with E-state index in [1.807, 2.05) is 12.1 Å². The number of carbonyl (C=O) groups excluding carboxylic acids is 2. The van der Waals surface area contributed by atoms with Gasteiger partial charge in [-0.15, -0.1) is 0 Å². The number of aromatic nitrogens is 1. The topological polar surface area (TPSA) is 65.1 Å². The molecule has 2 aromatic rings. The van der Waals surface area contributed by atoms with Gasteiger partial charge in [0.15, 0.2) is 6.29 Å². The zero-order valence-corrected chi connectivity index (χ0v) is 8.01. The number of fused-ring (bicyclic) bond motifs is 1. The zero-order chi connectivity index (χ0) is 10.8. The van der Waals surface area contributed by atoms with E-state index in [1.54, 1.807) is 22.9 Å². The molecule has 4 heteroatoms. The van der Waals surface area contributed by atoms with E-state index in [9.17, 15) is 9.59 Å². The van der Waals surface area contributed by atoms with Crippen LogP contribution < -0.4 is 5.73 Å². The van der Waals surface area contributed by atoms with Crippen LogP contribution in [0.3, 0.4) is 0 Å². The van der Waals surface area contributed by atoms with E-state index in [0.29, 0.717) is 5.56 Å².